The Bertz CT molecular complexity index is 3660. The molecule has 10 aromatic rings. The molecule has 10 aromatic carbocycles. The third-order valence-electron chi connectivity index (χ3n) is 14.6. The molecule has 1 spiro atoms. The van der Waals surface area contributed by atoms with Crippen LogP contribution in [0.25, 0.3) is 0 Å². The Labute approximate surface area is 441 Å². The molecule has 74 heavy (non-hydrogen) atoms. The first-order valence-corrected chi connectivity index (χ1v) is 25.6. The summed E-state index contributed by atoms with van der Waals surface area (Å²) in [5.74, 6) is 0.00127. The van der Waals surface area contributed by atoms with Gasteiger partial charge in [-0.2, -0.15) is 0 Å². The number of hydrogen-bond donors (Lipinski definition) is 0. The SMILES string of the molecule is Brc1ccccc1N(c1ccccc1)c1ccccc1.Cc1cc2c(cc1C)C(=O)c1ccccc1C2=O.Cc1cc2c(cc1C)C1(c3ccccc3C2=O)c2ccccc2N(c2ccccc2)c2ccccc21. The van der Waals surface area contributed by atoms with Crippen LogP contribution in [0.5, 0.6) is 0 Å². The van der Waals surface area contributed by atoms with Crippen LogP contribution in [0.15, 0.2) is 241 Å². The van der Waals surface area contributed by atoms with Crippen molar-refractivity contribution >= 4 is 67.4 Å². The summed E-state index contributed by atoms with van der Waals surface area (Å²) in [5, 5.41) is 0. The summed E-state index contributed by atoms with van der Waals surface area (Å²) in [5.41, 5.74) is 18.8. The molecular weight excluding hydrogens is 973 g/mol. The van der Waals surface area contributed by atoms with E-state index in [1.807, 2.05) is 56.3 Å². The van der Waals surface area contributed by atoms with Gasteiger partial charge in [0.1, 0.15) is 0 Å². The Balaban J connectivity index is 0.000000131. The molecule has 1 aliphatic heterocycles. The molecule has 0 aromatic heterocycles. The lowest BCUT2D eigenvalue weighted by Crippen LogP contribution is -2.42. The lowest BCUT2D eigenvalue weighted by atomic mass is 9.57. The van der Waals surface area contributed by atoms with Crippen LogP contribution in [0.4, 0.5) is 34.1 Å². The van der Waals surface area contributed by atoms with Crippen LogP contribution in [0.1, 0.15) is 92.3 Å². The molecule has 0 unspecified atom stereocenters. The van der Waals surface area contributed by atoms with Crippen molar-refractivity contribution in [3.8, 4) is 0 Å². The van der Waals surface area contributed by atoms with E-state index in [1.54, 1.807) is 24.3 Å². The standard InChI is InChI=1S/C34H25NO.C18H14BrN.C16H12O2/c1-22-20-26-30(21-23(22)2)34(27-15-7-6-14-25(27)33(26)36)28-16-8-10-18-31(28)35(24-12-4-3-5-13-24)32-19-11-9-17-29(32)34;19-17-13-7-8-14-18(17)20(15-9-3-1-4-10-15)16-11-5-2-6-12-16;1-9-7-13-14(8-10(9)2)16(18)12-6-4-3-5-11(12)15(13)17/h3-21H,1-2H3;1-14H;3-8H,1-2H3. The fourth-order valence-corrected chi connectivity index (χ4v) is 11.3. The first-order valence-electron chi connectivity index (χ1n) is 24.8. The number of aryl methyl sites for hydroxylation is 4. The number of anilines is 6. The third-order valence-corrected chi connectivity index (χ3v) is 15.3. The van der Waals surface area contributed by atoms with E-state index < -0.39 is 5.41 Å². The molecule has 0 N–H and O–H groups in total. The normalized spacial score (nSPS) is 13.1. The number of nitrogens with zero attached hydrogens (tertiary/aromatic N) is 2. The number of benzene rings is 10. The highest BCUT2D eigenvalue weighted by atomic mass is 79.9. The van der Waals surface area contributed by atoms with Gasteiger partial charge in [0.25, 0.3) is 0 Å². The number of carbonyl (C=O) groups excluding carboxylic acids is 3. The van der Waals surface area contributed by atoms with Crippen LogP contribution in [0.2, 0.25) is 0 Å². The molecule has 0 amide bonds. The predicted molar refractivity (Wildman–Crippen MR) is 304 cm³/mol. The molecule has 0 radical (unpaired) electrons. The van der Waals surface area contributed by atoms with Crippen molar-refractivity contribution in [2.24, 2.45) is 0 Å². The van der Waals surface area contributed by atoms with Gasteiger partial charge in [0.2, 0.25) is 0 Å². The van der Waals surface area contributed by atoms with E-state index in [0.29, 0.717) is 22.3 Å². The van der Waals surface area contributed by atoms with Crippen molar-refractivity contribution in [2.75, 3.05) is 9.80 Å². The summed E-state index contributed by atoms with van der Waals surface area (Å²) in [6.45, 7) is 8.14. The summed E-state index contributed by atoms with van der Waals surface area (Å²) in [7, 11) is 0. The lowest BCUT2D eigenvalue weighted by Gasteiger charge is -2.49. The number of halogens is 1. The van der Waals surface area contributed by atoms with E-state index in [4.69, 9.17) is 0 Å². The minimum absolute atomic E-state index is 0.0525. The Morgan fingerprint density at radius 3 is 1.24 bits per heavy atom. The molecule has 0 bridgehead atoms. The van der Waals surface area contributed by atoms with Gasteiger partial charge in [-0.15, -0.1) is 0 Å². The summed E-state index contributed by atoms with van der Waals surface area (Å²) in [6, 6.07) is 80.1. The Hall–Kier alpha value is -8.71. The van der Waals surface area contributed by atoms with Crippen molar-refractivity contribution in [3.63, 3.8) is 0 Å². The molecular formula is C68H51BrN2O3. The first-order chi connectivity index (χ1) is 36.1. The number of para-hydroxylation sites is 6. The molecule has 2 aliphatic carbocycles. The number of hydrogen-bond acceptors (Lipinski definition) is 5. The lowest BCUT2D eigenvalue weighted by molar-refractivity contribution is 0.0979. The predicted octanol–water partition coefficient (Wildman–Crippen LogP) is 17.0. The molecule has 1 heterocycles. The summed E-state index contributed by atoms with van der Waals surface area (Å²) >= 11 is 3.65. The van der Waals surface area contributed by atoms with E-state index in [0.717, 1.165) is 77.5 Å². The number of fused-ring (bicyclic) bond motifs is 10. The van der Waals surface area contributed by atoms with E-state index in [2.05, 4.69) is 209 Å². The topological polar surface area (TPSA) is 57.7 Å². The van der Waals surface area contributed by atoms with Gasteiger partial charge in [-0.05, 0) is 167 Å². The van der Waals surface area contributed by atoms with Crippen LogP contribution < -0.4 is 9.80 Å². The van der Waals surface area contributed by atoms with Gasteiger partial charge in [-0.3, -0.25) is 14.4 Å². The fraction of sp³-hybridized carbons (Fsp3) is 0.0735. The van der Waals surface area contributed by atoms with Gasteiger partial charge >= 0.3 is 0 Å². The molecule has 5 nitrogen and oxygen atoms in total. The fourth-order valence-electron chi connectivity index (χ4n) is 10.9. The molecule has 3 aliphatic rings. The van der Waals surface area contributed by atoms with Gasteiger partial charge in [0, 0.05) is 54.9 Å². The number of rotatable bonds is 4. The van der Waals surface area contributed by atoms with Crippen LogP contribution in [0, 0.1) is 27.7 Å². The van der Waals surface area contributed by atoms with Gasteiger partial charge in [0.05, 0.1) is 22.5 Å². The van der Waals surface area contributed by atoms with Crippen molar-refractivity contribution in [3.05, 3.63) is 319 Å². The van der Waals surface area contributed by atoms with Gasteiger partial charge in [-0.25, -0.2) is 0 Å². The number of carbonyl (C=O) groups is 3. The molecule has 0 saturated carbocycles. The average molecular weight is 1020 g/mol. The second kappa shape index (κ2) is 19.7. The van der Waals surface area contributed by atoms with Gasteiger partial charge in [-0.1, -0.05) is 158 Å². The molecule has 358 valence electrons. The maximum atomic E-state index is 13.9. The van der Waals surface area contributed by atoms with Crippen molar-refractivity contribution in [2.45, 2.75) is 33.1 Å². The Morgan fingerprint density at radius 1 is 0.351 bits per heavy atom. The smallest absolute Gasteiger partial charge is 0.194 e. The Morgan fingerprint density at radius 2 is 0.730 bits per heavy atom. The van der Waals surface area contributed by atoms with E-state index in [1.165, 1.54) is 16.7 Å². The van der Waals surface area contributed by atoms with Gasteiger partial charge in [0.15, 0.2) is 17.3 Å². The van der Waals surface area contributed by atoms with Crippen LogP contribution in [-0.4, -0.2) is 17.3 Å². The van der Waals surface area contributed by atoms with Crippen molar-refractivity contribution < 1.29 is 14.4 Å². The zero-order valence-corrected chi connectivity index (χ0v) is 43.1. The monoisotopic (exact) mass is 1020 g/mol. The largest absolute Gasteiger partial charge is 0.310 e. The summed E-state index contributed by atoms with van der Waals surface area (Å²) in [6.07, 6.45) is 0. The zero-order chi connectivity index (χ0) is 51.1. The minimum atomic E-state index is -0.600. The minimum Gasteiger partial charge on any atom is -0.310 e. The molecule has 0 atom stereocenters. The molecule has 0 saturated heterocycles. The first kappa shape index (κ1) is 47.6. The highest BCUT2D eigenvalue weighted by Gasteiger charge is 2.51. The second-order valence-corrected chi connectivity index (χ2v) is 19.8. The van der Waals surface area contributed by atoms with Crippen LogP contribution in [0.3, 0.4) is 0 Å². The highest BCUT2D eigenvalue weighted by molar-refractivity contribution is 9.10. The zero-order valence-electron chi connectivity index (χ0n) is 41.5. The van der Waals surface area contributed by atoms with Crippen LogP contribution in [-0.2, 0) is 5.41 Å². The van der Waals surface area contributed by atoms with E-state index in [-0.39, 0.29) is 17.3 Å². The quantitative estimate of drug-likeness (QED) is 0.176. The summed E-state index contributed by atoms with van der Waals surface area (Å²) in [4.78, 5) is 43.2. The maximum absolute atomic E-state index is 13.9. The van der Waals surface area contributed by atoms with E-state index in [9.17, 15) is 14.4 Å². The van der Waals surface area contributed by atoms with Gasteiger partial charge < -0.3 is 9.80 Å². The van der Waals surface area contributed by atoms with Crippen LogP contribution >= 0.6 is 15.9 Å². The highest BCUT2D eigenvalue weighted by Crippen LogP contribution is 2.60. The van der Waals surface area contributed by atoms with Crippen molar-refractivity contribution in [1.29, 1.82) is 0 Å². The Kier molecular flexibility index (Phi) is 12.7. The molecule has 6 heteroatoms. The average Bonchev–Trinajstić information content (AvgIpc) is 3.44. The second-order valence-electron chi connectivity index (χ2n) is 19.0. The van der Waals surface area contributed by atoms with Crippen molar-refractivity contribution in [1.82, 2.24) is 0 Å². The molecule has 0 fully saturated rings. The van der Waals surface area contributed by atoms with E-state index >= 15 is 0 Å². The third kappa shape index (κ3) is 8.08. The maximum Gasteiger partial charge on any atom is 0.194 e. The molecule has 13 rings (SSSR count). The number of ketones is 3. The summed E-state index contributed by atoms with van der Waals surface area (Å²) < 4.78 is 1.08.